The molecule has 84 valence electrons. The summed E-state index contributed by atoms with van der Waals surface area (Å²) >= 11 is 0. The second kappa shape index (κ2) is 5.68. The number of rotatable bonds is 5. The van der Waals surface area contributed by atoms with Crippen LogP contribution in [0.4, 0.5) is 4.39 Å². The molecule has 1 aromatic carbocycles. The monoisotopic (exact) mass is 214 g/mol. The van der Waals surface area contributed by atoms with Crippen molar-refractivity contribution in [2.24, 2.45) is 0 Å². The van der Waals surface area contributed by atoms with Gasteiger partial charge < -0.3 is 14.6 Å². The molecule has 0 spiro atoms. The molecule has 1 N–H and O–H groups in total. The molecule has 0 heterocycles. The van der Waals surface area contributed by atoms with Gasteiger partial charge in [-0.25, -0.2) is 4.39 Å². The first kappa shape index (κ1) is 11.9. The summed E-state index contributed by atoms with van der Waals surface area (Å²) in [7, 11) is 3.01. The molecule has 4 heteroatoms. The highest BCUT2D eigenvalue weighted by atomic mass is 19.1. The second-order valence-electron chi connectivity index (χ2n) is 3.18. The zero-order valence-corrected chi connectivity index (χ0v) is 8.87. The van der Waals surface area contributed by atoms with Crippen molar-refractivity contribution in [2.75, 3.05) is 20.8 Å². The normalized spacial score (nSPS) is 12.5. The molecule has 0 aliphatic rings. The molecule has 0 saturated heterocycles. The number of ether oxygens (including phenoxy) is 2. The van der Waals surface area contributed by atoms with Crippen LogP contribution in [-0.4, -0.2) is 25.9 Å². The van der Waals surface area contributed by atoms with Crippen LogP contribution in [0.1, 0.15) is 18.1 Å². The fraction of sp³-hybridized carbons (Fsp3) is 0.455. The van der Waals surface area contributed by atoms with Crippen molar-refractivity contribution in [3.8, 4) is 5.75 Å². The van der Waals surface area contributed by atoms with Crippen molar-refractivity contribution >= 4 is 0 Å². The molecule has 0 fully saturated rings. The molecular formula is C11H15FO3. The van der Waals surface area contributed by atoms with Crippen LogP contribution in [0.3, 0.4) is 0 Å². The molecule has 0 aliphatic heterocycles. The maximum atomic E-state index is 13.4. The number of methoxy groups -OCH3 is 2. The highest BCUT2D eigenvalue weighted by Crippen LogP contribution is 2.23. The van der Waals surface area contributed by atoms with Gasteiger partial charge in [0.2, 0.25) is 0 Å². The van der Waals surface area contributed by atoms with Gasteiger partial charge in [-0.1, -0.05) is 0 Å². The first-order valence-electron chi connectivity index (χ1n) is 4.69. The van der Waals surface area contributed by atoms with E-state index in [1.165, 1.54) is 26.4 Å². The summed E-state index contributed by atoms with van der Waals surface area (Å²) in [6.07, 6.45) is -0.462. The zero-order valence-electron chi connectivity index (χ0n) is 8.87. The first-order chi connectivity index (χ1) is 7.19. The molecule has 3 nitrogen and oxygen atoms in total. The average molecular weight is 214 g/mol. The molecule has 0 aromatic heterocycles. The number of hydrogen-bond donors (Lipinski definition) is 1. The van der Waals surface area contributed by atoms with Gasteiger partial charge in [0.25, 0.3) is 0 Å². The van der Waals surface area contributed by atoms with Crippen LogP contribution >= 0.6 is 0 Å². The molecule has 0 radical (unpaired) electrons. The third-order valence-corrected chi connectivity index (χ3v) is 2.16. The Bertz CT molecular complexity index is 315. The Morgan fingerprint density at radius 1 is 1.40 bits per heavy atom. The van der Waals surface area contributed by atoms with E-state index in [1.54, 1.807) is 6.07 Å². The van der Waals surface area contributed by atoms with Gasteiger partial charge in [0.1, 0.15) is 11.6 Å². The predicted molar refractivity (Wildman–Crippen MR) is 54.4 cm³/mol. The van der Waals surface area contributed by atoms with Crippen LogP contribution in [0.2, 0.25) is 0 Å². The Morgan fingerprint density at radius 2 is 2.13 bits per heavy atom. The van der Waals surface area contributed by atoms with Crippen LogP contribution in [-0.2, 0) is 4.74 Å². The maximum Gasteiger partial charge on any atom is 0.132 e. The minimum atomic E-state index is -0.837. The van der Waals surface area contributed by atoms with Crippen molar-refractivity contribution in [1.29, 1.82) is 0 Å². The minimum absolute atomic E-state index is 0.271. The van der Waals surface area contributed by atoms with Gasteiger partial charge in [0.15, 0.2) is 0 Å². The van der Waals surface area contributed by atoms with E-state index in [-0.39, 0.29) is 5.56 Å². The summed E-state index contributed by atoms with van der Waals surface area (Å²) in [6, 6.07) is 4.40. The van der Waals surface area contributed by atoms with E-state index in [0.29, 0.717) is 18.8 Å². The SMILES string of the molecule is COCCC(O)c1ccc(OC)cc1F. The smallest absolute Gasteiger partial charge is 0.132 e. The van der Waals surface area contributed by atoms with Gasteiger partial charge in [-0.15, -0.1) is 0 Å². The van der Waals surface area contributed by atoms with E-state index < -0.39 is 11.9 Å². The molecule has 0 saturated carbocycles. The minimum Gasteiger partial charge on any atom is -0.497 e. The van der Waals surface area contributed by atoms with Crippen LogP contribution in [0, 0.1) is 5.82 Å². The molecular weight excluding hydrogens is 199 g/mol. The van der Waals surface area contributed by atoms with Crippen LogP contribution in [0.25, 0.3) is 0 Å². The molecule has 0 amide bonds. The lowest BCUT2D eigenvalue weighted by atomic mass is 10.1. The Hall–Kier alpha value is -1.13. The second-order valence-corrected chi connectivity index (χ2v) is 3.18. The summed E-state index contributed by atoms with van der Waals surface area (Å²) in [5, 5.41) is 9.64. The summed E-state index contributed by atoms with van der Waals surface area (Å²) in [6.45, 7) is 0.395. The molecule has 0 bridgehead atoms. The van der Waals surface area contributed by atoms with Gasteiger partial charge in [-0.05, 0) is 12.1 Å². The Labute approximate surface area is 88.4 Å². The Morgan fingerprint density at radius 3 is 2.67 bits per heavy atom. The number of hydrogen-bond acceptors (Lipinski definition) is 3. The lowest BCUT2D eigenvalue weighted by molar-refractivity contribution is 0.108. The predicted octanol–water partition coefficient (Wildman–Crippen LogP) is 1.90. The summed E-state index contributed by atoms with van der Waals surface area (Å²) in [5.74, 6) is -0.0202. The van der Waals surface area contributed by atoms with E-state index in [1.807, 2.05) is 0 Å². The van der Waals surface area contributed by atoms with Gasteiger partial charge in [0.05, 0.1) is 13.2 Å². The molecule has 1 rings (SSSR count). The Balaban J connectivity index is 2.76. The number of halogens is 1. The molecule has 1 atom stereocenters. The van der Waals surface area contributed by atoms with Crippen molar-refractivity contribution in [3.63, 3.8) is 0 Å². The topological polar surface area (TPSA) is 38.7 Å². The van der Waals surface area contributed by atoms with Gasteiger partial charge in [-0.3, -0.25) is 0 Å². The fourth-order valence-electron chi connectivity index (χ4n) is 1.29. The first-order valence-corrected chi connectivity index (χ1v) is 4.69. The highest BCUT2D eigenvalue weighted by Gasteiger charge is 2.12. The van der Waals surface area contributed by atoms with Crippen LogP contribution in [0.5, 0.6) is 5.75 Å². The Kier molecular flexibility index (Phi) is 4.52. The van der Waals surface area contributed by atoms with Crippen molar-refractivity contribution in [2.45, 2.75) is 12.5 Å². The van der Waals surface area contributed by atoms with E-state index in [0.717, 1.165) is 0 Å². The summed E-state index contributed by atoms with van der Waals surface area (Å²) in [4.78, 5) is 0. The van der Waals surface area contributed by atoms with Crippen LogP contribution < -0.4 is 4.74 Å². The van der Waals surface area contributed by atoms with E-state index in [9.17, 15) is 9.50 Å². The lowest BCUT2D eigenvalue weighted by Crippen LogP contribution is -2.04. The van der Waals surface area contributed by atoms with E-state index in [2.05, 4.69) is 0 Å². The van der Waals surface area contributed by atoms with Gasteiger partial charge >= 0.3 is 0 Å². The van der Waals surface area contributed by atoms with E-state index in [4.69, 9.17) is 9.47 Å². The maximum absolute atomic E-state index is 13.4. The fourth-order valence-corrected chi connectivity index (χ4v) is 1.29. The number of aliphatic hydroxyl groups is 1. The largest absolute Gasteiger partial charge is 0.497 e. The quantitative estimate of drug-likeness (QED) is 0.813. The summed E-state index contributed by atoms with van der Waals surface area (Å²) in [5.41, 5.74) is 0.271. The van der Waals surface area contributed by atoms with E-state index >= 15 is 0 Å². The molecule has 1 unspecified atom stereocenters. The summed E-state index contributed by atoms with van der Waals surface area (Å²) < 4.78 is 23.1. The third-order valence-electron chi connectivity index (χ3n) is 2.16. The van der Waals surface area contributed by atoms with Crippen molar-refractivity contribution in [3.05, 3.63) is 29.6 Å². The number of aliphatic hydroxyl groups excluding tert-OH is 1. The average Bonchev–Trinajstić information content (AvgIpc) is 2.25. The lowest BCUT2D eigenvalue weighted by Gasteiger charge is -2.12. The zero-order chi connectivity index (χ0) is 11.3. The van der Waals surface area contributed by atoms with Gasteiger partial charge in [0, 0.05) is 31.8 Å². The standard InChI is InChI=1S/C11H15FO3/c1-14-6-5-11(13)9-4-3-8(15-2)7-10(9)12/h3-4,7,11,13H,5-6H2,1-2H3. The van der Waals surface area contributed by atoms with Crippen LogP contribution in [0.15, 0.2) is 18.2 Å². The highest BCUT2D eigenvalue weighted by molar-refractivity contribution is 5.30. The van der Waals surface area contributed by atoms with Crippen molar-refractivity contribution < 1.29 is 19.0 Å². The third kappa shape index (κ3) is 3.18. The molecule has 0 aliphatic carbocycles. The van der Waals surface area contributed by atoms with Crippen molar-refractivity contribution in [1.82, 2.24) is 0 Å². The van der Waals surface area contributed by atoms with Gasteiger partial charge in [-0.2, -0.15) is 0 Å². The number of benzene rings is 1. The molecule has 15 heavy (non-hydrogen) atoms. The molecule has 1 aromatic rings.